The van der Waals surface area contributed by atoms with Crippen molar-refractivity contribution >= 4 is 0 Å². The summed E-state index contributed by atoms with van der Waals surface area (Å²) in [6, 6.07) is 0. The summed E-state index contributed by atoms with van der Waals surface area (Å²) in [5.74, 6) is 1.50. The molecule has 1 heterocycles. The van der Waals surface area contributed by atoms with Crippen LogP contribution < -0.4 is 10.6 Å². The average molecular weight is 390 g/mol. The molecule has 0 atom stereocenters. The summed E-state index contributed by atoms with van der Waals surface area (Å²) in [6.45, 7) is 6.57. The molecule has 10 heavy (non-hydrogen) atoms. The molecule has 1 radical (unpaired) electrons. The van der Waals surface area contributed by atoms with Crippen molar-refractivity contribution in [2.45, 2.75) is 6.92 Å². The van der Waals surface area contributed by atoms with Crippen LogP contribution in [0.15, 0.2) is 0 Å². The fourth-order valence-corrected chi connectivity index (χ4v) is 0.843. The van der Waals surface area contributed by atoms with Crippen LogP contribution in [0.2, 0.25) is 0 Å². The monoisotopic (exact) mass is 390 g/mol. The summed E-state index contributed by atoms with van der Waals surface area (Å²) in [7, 11) is 0. The van der Waals surface area contributed by atoms with Gasteiger partial charge in [-0.15, -0.1) is 13.1 Å². The molecule has 0 aromatic heterocycles. The van der Waals surface area contributed by atoms with E-state index in [0.717, 1.165) is 26.2 Å². The Balaban J connectivity index is 0. The minimum Gasteiger partial charge on any atom is -0.358 e. The van der Waals surface area contributed by atoms with Gasteiger partial charge in [-0.05, 0) is 0 Å². The van der Waals surface area contributed by atoms with Crippen LogP contribution in [-0.4, -0.2) is 26.2 Å². The molecule has 2 N–H and O–H groups in total. The van der Waals surface area contributed by atoms with Gasteiger partial charge in [-0.3, -0.25) is 5.92 Å². The third-order valence-corrected chi connectivity index (χ3v) is 1.33. The van der Waals surface area contributed by atoms with Crippen LogP contribution in [-0.2, 0) is 0 Å². The zero-order chi connectivity index (χ0) is 5.82. The van der Waals surface area contributed by atoms with E-state index >= 15 is 0 Å². The molecular weight excluding hydrogens is 374 g/mol. The van der Waals surface area contributed by atoms with Crippen molar-refractivity contribution in [1.82, 2.24) is 10.6 Å². The van der Waals surface area contributed by atoms with E-state index in [0.29, 0.717) is 0 Å². The van der Waals surface area contributed by atoms with Gasteiger partial charge in [0.15, 0.2) is 0 Å². The summed E-state index contributed by atoms with van der Waals surface area (Å²) >= 11 is 0. The van der Waals surface area contributed by atoms with Crippen molar-refractivity contribution in [2.24, 2.45) is 0 Å². The fourth-order valence-electron chi connectivity index (χ4n) is 0.843. The number of hydrogen-bond acceptors (Lipinski definition) is 2. The van der Waals surface area contributed by atoms with Gasteiger partial charge < -0.3 is 18.1 Å². The van der Waals surface area contributed by atoms with E-state index in [9.17, 15) is 0 Å². The first-order valence-corrected chi connectivity index (χ1v) is 3.12. The van der Waals surface area contributed by atoms with Crippen LogP contribution in [0.4, 0.5) is 0 Å². The molecule has 2 nitrogen and oxygen atoms in total. The van der Waals surface area contributed by atoms with Crippen LogP contribution in [0, 0.1) is 13.3 Å². The molecule has 1 fully saturated rings. The molecule has 1 aliphatic rings. The van der Waals surface area contributed by atoms with E-state index in [1.807, 2.05) is 0 Å². The molecule has 71 valence electrons. The maximum atomic E-state index is 3.30. The standard InChI is InChI=1S/C6H13N2.CH3.Lr/c1-6-4-7-2-3-8-5-6;;/h7-8H,2-5H2,1H3;1H3;/q2*-1;. The maximum absolute atomic E-state index is 3.30. The SMILES string of the molecule is C[C-]1CNCCNC1.[CH3-].[Lr]. The topological polar surface area (TPSA) is 24.1 Å². The molecule has 0 aromatic rings. The van der Waals surface area contributed by atoms with E-state index in [2.05, 4.69) is 17.6 Å². The summed E-state index contributed by atoms with van der Waals surface area (Å²) in [6.07, 6.45) is 0. The molecule has 0 aromatic carbocycles. The molecule has 0 saturated carbocycles. The van der Waals surface area contributed by atoms with Gasteiger partial charge in [0.05, 0.1) is 0 Å². The second-order valence-corrected chi connectivity index (χ2v) is 2.31. The summed E-state index contributed by atoms with van der Waals surface area (Å²) in [5, 5.41) is 6.59. The van der Waals surface area contributed by atoms with Crippen molar-refractivity contribution < 1.29 is 0 Å². The van der Waals surface area contributed by atoms with Gasteiger partial charge in [-0.1, -0.05) is 0 Å². The zero-order valence-corrected chi connectivity index (χ0v) is 8.74. The number of hydrogen-bond donors (Lipinski definition) is 2. The maximum Gasteiger partial charge on any atom is 0.00483 e. The molecule has 0 amide bonds. The van der Waals surface area contributed by atoms with Gasteiger partial charge in [0.2, 0.25) is 0 Å². The van der Waals surface area contributed by atoms with Crippen molar-refractivity contribution in [2.75, 3.05) is 26.2 Å². The van der Waals surface area contributed by atoms with Gasteiger partial charge in [0, 0.05) is 13.1 Å². The number of nitrogens with one attached hydrogen (secondary N) is 2. The summed E-state index contributed by atoms with van der Waals surface area (Å²) in [4.78, 5) is 0. The Kier molecular flexibility index (Phi) is 7.06. The van der Waals surface area contributed by atoms with Gasteiger partial charge >= 0.3 is 0 Å². The average Bonchev–Trinajstić information content (AvgIpc) is 1.94. The third kappa shape index (κ3) is 3.87. The molecule has 0 spiro atoms. The Morgan fingerprint density at radius 3 is 1.90 bits per heavy atom. The molecule has 0 aliphatic carbocycles. The Morgan fingerprint density at radius 2 is 1.50 bits per heavy atom. The molecule has 0 bridgehead atoms. The largest absolute Gasteiger partial charge is 0.358 e. The van der Waals surface area contributed by atoms with Crippen LogP contribution in [0.1, 0.15) is 6.92 Å². The molecule has 1 rings (SSSR count). The first-order valence-electron chi connectivity index (χ1n) is 3.12. The zero-order valence-electron chi connectivity index (χ0n) is 6.59. The van der Waals surface area contributed by atoms with Gasteiger partial charge in [0.1, 0.15) is 0 Å². The second kappa shape index (κ2) is 6.05. The van der Waals surface area contributed by atoms with Crippen molar-refractivity contribution in [3.8, 4) is 0 Å². The van der Waals surface area contributed by atoms with Crippen LogP contribution in [0.25, 0.3) is 0 Å². The van der Waals surface area contributed by atoms with E-state index in [4.69, 9.17) is 0 Å². The second-order valence-electron chi connectivity index (χ2n) is 2.31. The van der Waals surface area contributed by atoms with Crippen LogP contribution in [0.3, 0.4) is 0 Å². The normalized spacial score (nSPS) is 20.1. The minimum absolute atomic E-state index is 0. The van der Waals surface area contributed by atoms with E-state index in [1.54, 1.807) is 0 Å². The number of rotatable bonds is 0. The van der Waals surface area contributed by atoms with Crippen molar-refractivity contribution in [3.63, 3.8) is 0 Å². The molecule has 3 heteroatoms. The smallest absolute Gasteiger partial charge is 0.00483 e. The summed E-state index contributed by atoms with van der Waals surface area (Å²) < 4.78 is 0. The fraction of sp³-hybridized carbons (Fsp3) is 0.714. The first-order chi connectivity index (χ1) is 3.89. The minimum atomic E-state index is 0. The van der Waals surface area contributed by atoms with E-state index < -0.39 is 0 Å². The molecule has 1 aliphatic heterocycles. The first kappa shape index (κ1) is 11.7. The van der Waals surface area contributed by atoms with Crippen LogP contribution in [0.5, 0.6) is 0 Å². The van der Waals surface area contributed by atoms with Gasteiger partial charge in [-0.2, -0.15) is 6.92 Å². The molecule has 0 unspecified atom stereocenters. The van der Waals surface area contributed by atoms with Crippen LogP contribution >= 0.6 is 0 Å². The predicted octanol–water partition coefficient (Wildman–Crippen LogP) is 0.224. The third-order valence-electron chi connectivity index (χ3n) is 1.33. The Bertz CT molecular complexity index is 60.6. The van der Waals surface area contributed by atoms with Gasteiger partial charge in [-0.25, -0.2) is 0 Å². The Morgan fingerprint density at radius 1 is 1.10 bits per heavy atom. The Hall–Kier alpha value is -1.08. The Labute approximate surface area is 58.0 Å². The quantitative estimate of drug-likeness (QED) is 0.579. The van der Waals surface area contributed by atoms with Crippen molar-refractivity contribution in [3.05, 3.63) is 13.3 Å². The van der Waals surface area contributed by atoms with E-state index in [1.165, 1.54) is 5.92 Å². The van der Waals surface area contributed by atoms with Gasteiger partial charge in [0.25, 0.3) is 0 Å². The predicted molar refractivity (Wildman–Crippen MR) is 41.1 cm³/mol. The summed E-state index contributed by atoms with van der Waals surface area (Å²) in [5.41, 5.74) is 0. The molecular formula is C7H16LrN2-2. The van der Waals surface area contributed by atoms with Crippen molar-refractivity contribution in [1.29, 1.82) is 0 Å². The van der Waals surface area contributed by atoms with E-state index in [-0.39, 0.29) is 7.43 Å². The molecule has 1 saturated heterocycles.